The van der Waals surface area contributed by atoms with Gasteiger partial charge in [-0.25, -0.2) is 4.98 Å². The topological polar surface area (TPSA) is 58.4 Å². The number of nitrogens with zero attached hydrogens (tertiary/aromatic N) is 5. The molecule has 2 rings (SSSR count). The first-order valence-electron chi connectivity index (χ1n) is 5.22. The van der Waals surface area contributed by atoms with Gasteiger partial charge in [0.05, 0.1) is 0 Å². The van der Waals surface area contributed by atoms with Crippen LogP contribution in [0.5, 0.6) is 0 Å². The Hall–Kier alpha value is -1.69. The molecule has 16 heavy (non-hydrogen) atoms. The van der Waals surface area contributed by atoms with Gasteiger partial charge in [-0.15, -0.1) is 10.2 Å². The van der Waals surface area contributed by atoms with E-state index in [2.05, 4.69) is 32.3 Å². The van der Waals surface area contributed by atoms with E-state index in [1.165, 1.54) is 0 Å². The fourth-order valence-corrected chi connectivity index (χ4v) is 1.69. The molecular formula is C10H16N6. The molecule has 86 valence electrons. The molecule has 0 aromatic carbocycles. The molecule has 6 nitrogen and oxygen atoms in total. The molecule has 1 N–H and O–H groups in total. The second kappa shape index (κ2) is 4.44. The quantitative estimate of drug-likeness (QED) is 0.812. The maximum Gasteiger partial charge on any atom is 0.203 e. The van der Waals surface area contributed by atoms with Crippen LogP contribution in [0.25, 0.3) is 5.65 Å². The van der Waals surface area contributed by atoms with Gasteiger partial charge >= 0.3 is 0 Å². The van der Waals surface area contributed by atoms with E-state index in [9.17, 15) is 0 Å². The van der Waals surface area contributed by atoms with Gasteiger partial charge in [-0.2, -0.15) is 0 Å². The second-order valence-electron chi connectivity index (χ2n) is 4.15. The lowest BCUT2D eigenvalue weighted by Crippen LogP contribution is -2.30. The first-order chi connectivity index (χ1) is 7.66. The molecule has 0 radical (unpaired) electrons. The van der Waals surface area contributed by atoms with Crippen LogP contribution in [0.15, 0.2) is 18.7 Å². The summed E-state index contributed by atoms with van der Waals surface area (Å²) in [6.07, 6.45) is 5.23. The summed E-state index contributed by atoms with van der Waals surface area (Å²) >= 11 is 0. The lowest BCUT2D eigenvalue weighted by Gasteiger charge is -2.18. The van der Waals surface area contributed by atoms with Gasteiger partial charge in [0, 0.05) is 25.0 Å². The molecule has 2 aromatic rings. The first kappa shape index (κ1) is 10.8. The zero-order valence-electron chi connectivity index (χ0n) is 9.75. The Bertz CT molecular complexity index is 463. The van der Waals surface area contributed by atoms with Crippen LogP contribution in [-0.2, 0) is 0 Å². The number of nitrogens with one attached hydrogen (secondary N) is 1. The van der Waals surface area contributed by atoms with Gasteiger partial charge < -0.3 is 10.2 Å². The molecule has 6 heteroatoms. The average molecular weight is 220 g/mol. The van der Waals surface area contributed by atoms with Crippen molar-refractivity contribution in [2.75, 3.05) is 26.0 Å². The van der Waals surface area contributed by atoms with E-state index >= 15 is 0 Å². The maximum atomic E-state index is 4.27. The molecule has 0 fully saturated rings. The normalized spacial score (nSPS) is 13.2. The summed E-state index contributed by atoms with van der Waals surface area (Å²) < 4.78 is 1.84. The number of hydrogen-bond acceptors (Lipinski definition) is 5. The van der Waals surface area contributed by atoms with E-state index in [0.717, 1.165) is 18.0 Å². The Morgan fingerprint density at radius 2 is 2.31 bits per heavy atom. The van der Waals surface area contributed by atoms with E-state index < -0.39 is 0 Å². The summed E-state index contributed by atoms with van der Waals surface area (Å²) in [6.45, 7) is 3.05. The molecule has 0 amide bonds. The molecule has 0 aliphatic rings. The smallest absolute Gasteiger partial charge is 0.203 e. The predicted molar refractivity (Wildman–Crippen MR) is 62.4 cm³/mol. The third kappa shape index (κ3) is 2.27. The van der Waals surface area contributed by atoms with Crippen LogP contribution < -0.4 is 5.32 Å². The number of likely N-dealkylation sites (N-methyl/N-ethyl adjacent to an activating group) is 1. The van der Waals surface area contributed by atoms with E-state index in [0.29, 0.717) is 6.04 Å². The molecule has 0 spiro atoms. The lowest BCUT2D eigenvalue weighted by atomic mass is 10.3. The van der Waals surface area contributed by atoms with Gasteiger partial charge in [0.1, 0.15) is 6.33 Å². The first-order valence-corrected chi connectivity index (χ1v) is 5.22. The molecular weight excluding hydrogens is 204 g/mol. The summed E-state index contributed by atoms with van der Waals surface area (Å²) in [5, 5.41) is 11.2. The zero-order chi connectivity index (χ0) is 11.5. The van der Waals surface area contributed by atoms with Crippen molar-refractivity contribution in [3.05, 3.63) is 18.7 Å². The zero-order valence-corrected chi connectivity index (χ0v) is 9.75. The largest absolute Gasteiger partial charge is 0.363 e. The monoisotopic (exact) mass is 220 g/mol. The van der Waals surface area contributed by atoms with Gasteiger partial charge in [0.15, 0.2) is 5.82 Å². The summed E-state index contributed by atoms with van der Waals surface area (Å²) in [6, 6.07) is 0.311. The molecule has 2 aromatic heterocycles. The average Bonchev–Trinajstić information content (AvgIpc) is 2.65. The highest BCUT2D eigenvalue weighted by atomic mass is 15.2. The molecule has 0 aliphatic heterocycles. The number of anilines is 1. The Labute approximate surface area is 94.3 Å². The number of hydrogen-bond donors (Lipinski definition) is 1. The minimum absolute atomic E-state index is 0.311. The van der Waals surface area contributed by atoms with Crippen LogP contribution in [0.2, 0.25) is 0 Å². The molecule has 1 atom stereocenters. The summed E-state index contributed by atoms with van der Waals surface area (Å²) in [5.74, 6) is 0.773. The Balaban J connectivity index is 2.17. The second-order valence-corrected chi connectivity index (χ2v) is 4.15. The van der Waals surface area contributed by atoms with E-state index in [-0.39, 0.29) is 0 Å². The van der Waals surface area contributed by atoms with Crippen LogP contribution in [-0.4, -0.2) is 51.2 Å². The molecule has 0 bridgehead atoms. The van der Waals surface area contributed by atoms with Crippen molar-refractivity contribution in [1.82, 2.24) is 24.5 Å². The fourth-order valence-electron chi connectivity index (χ4n) is 1.69. The van der Waals surface area contributed by atoms with Gasteiger partial charge in [0.2, 0.25) is 5.65 Å². The van der Waals surface area contributed by atoms with Gasteiger partial charge in [-0.1, -0.05) is 0 Å². The third-order valence-corrected chi connectivity index (χ3v) is 2.24. The molecule has 0 saturated heterocycles. The van der Waals surface area contributed by atoms with Crippen LogP contribution in [0, 0.1) is 0 Å². The number of aromatic nitrogens is 4. The van der Waals surface area contributed by atoms with Gasteiger partial charge in [0.25, 0.3) is 0 Å². The highest BCUT2D eigenvalue weighted by molar-refractivity contribution is 5.61. The number of rotatable bonds is 4. The Morgan fingerprint density at radius 1 is 1.50 bits per heavy atom. The SMILES string of the molecule is CC(CN(C)C)Nc1nccn2cnnc12. The highest BCUT2D eigenvalue weighted by Gasteiger charge is 2.08. The van der Waals surface area contributed by atoms with E-state index in [1.807, 2.05) is 24.7 Å². The standard InChI is InChI=1S/C10H16N6/c1-8(6-15(2)3)13-9-10-14-12-7-16(10)5-4-11-9/h4-5,7-8H,6H2,1-3H3,(H,11,13). The van der Waals surface area contributed by atoms with Crippen molar-refractivity contribution in [3.63, 3.8) is 0 Å². The van der Waals surface area contributed by atoms with Crippen molar-refractivity contribution in [3.8, 4) is 0 Å². The molecule has 1 unspecified atom stereocenters. The van der Waals surface area contributed by atoms with Crippen LogP contribution >= 0.6 is 0 Å². The predicted octanol–water partition coefficient (Wildman–Crippen LogP) is 0.486. The molecule has 0 aliphatic carbocycles. The minimum atomic E-state index is 0.311. The summed E-state index contributed by atoms with van der Waals surface area (Å²) in [7, 11) is 4.09. The van der Waals surface area contributed by atoms with Crippen LogP contribution in [0.3, 0.4) is 0 Å². The summed E-state index contributed by atoms with van der Waals surface area (Å²) in [5.41, 5.74) is 0.758. The van der Waals surface area contributed by atoms with Crippen LogP contribution in [0.1, 0.15) is 6.92 Å². The van der Waals surface area contributed by atoms with Gasteiger partial charge in [-0.3, -0.25) is 4.40 Å². The van der Waals surface area contributed by atoms with E-state index in [4.69, 9.17) is 0 Å². The van der Waals surface area contributed by atoms with Crippen LogP contribution in [0.4, 0.5) is 5.82 Å². The van der Waals surface area contributed by atoms with E-state index in [1.54, 1.807) is 12.5 Å². The van der Waals surface area contributed by atoms with Crippen molar-refractivity contribution in [1.29, 1.82) is 0 Å². The Morgan fingerprint density at radius 3 is 3.06 bits per heavy atom. The van der Waals surface area contributed by atoms with Crippen molar-refractivity contribution >= 4 is 11.5 Å². The number of fused-ring (bicyclic) bond motifs is 1. The highest BCUT2D eigenvalue weighted by Crippen LogP contribution is 2.10. The third-order valence-electron chi connectivity index (χ3n) is 2.24. The maximum absolute atomic E-state index is 4.27. The fraction of sp³-hybridized carbons (Fsp3) is 0.500. The Kier molecular flexibility index (Phi) is 3.00. The minimum Gasteiger partial charge on any atom is -0.363 e. The summed E-state index contributed by atoms with van der Waals surface area (Å²) in [4.78, 5) is 6.40. The lowest BCUT2D eigenvalue weighted by molar-refractivity contribution is 0.392. The molecule has 2 heterocycles. The molecule has 0 saturated carbocycles. The van der Waals surface area contributed by atoms with Crippen molar-refractivity contribution in [2.45, 2.75) is 13.0 Å². The van der Waals surface area contributed by atoms with Gasteiger partial charge in [-0.05, 0) is 21.0 Å². The van der Waals surface area contributed by atoms with Crippen molar-refractivity contribution < 1.29 is 0 Å². The van der Waals surface area contributed by atoms with Crippen molar-refractivity contribution in [2.24, 2.45) is 0 Å².